The number of imidazole rings is 2. The molecule has 10 nitrogen and oxygen atoms in total. The Morgan fingerprint density at radius 2 is 1.02 bits per heavy atom. The van der Waals surface area contributed by atoms with Gasteiger partial charge in [0, 0.05) is 48.7 Å². The third-order valence-electron chi connectivity index (χ3n) is 7.38. The third-order valence-corrected chi connectivity index (χ3v) is 7.38. The Balaban J connectivity index is 0.000000230. The minimum absolute atomic E-state index is 0.197. The zero-order chi connectivity index (χ0) is 30.9. The van der Waals surface area contributed by atoms with Crippen LogP contribution in [0.4, 0.5) is 0 Å². The van der Waals surface area contributed by atoms with Gasteiger partial charge in [-0.05, 0) is 63.1 Å². The standard InChI is InChI=1S/2C16H20N2O3/c2*1-4-21-15(20)9-16(2,14-10-17-11-18(14)3)12-5-7-13(19)8-6-12/h2*5-8,10-11,19H,4,9H2,1-3H3/t16-;/m0./s1. The van der Waals surface area contributed by atoms with Crippen molar-refractivity contribution in [2.75, 3.05) is 13.2 Å². The summed E-state index contributed by atoms with van der Waals surface area (Å²) in [6.45, 7) is 8.26. The van der Waals surface area contributed by atoms with Gasteiger partial charge in [0.05, 0.1) is 38.7 Å². The van der Waals surface area contributed by atoms with Crippen molar-refractivity contribution in [3.8, 4) is 11.5 Å². The van der Waals surface area contributed by atoms with Gasteiger partial charge in [0.15, 0.2) is 0 Å². The van der Waals surface area contributed by atoms with Gasteiger partial charge in [-0.15, -0.1) is 0 Å². The molecule has 0 amide bonds. The fraction of sp³-hybridized carbons (Fsp3) is 0.375. The van der Waals surface area contributed by atoms with E-state index in [1.54, 1.807) is 63.2 Å². The van der Waals surface area contributed by atoms with Crippen LogP contribution in [-0.2, 0) is 44.0 Å². The number of rotatable bonds is 10. The highest BCUT2D eigenvalue weighted by atomic mass is 16.5. The molecule has 2 atom stereocenters. The van der Waals surface area contributed by atoms with Crippen molar-refractivity contribution in [3.05, 3.63) is 96.1 Å². The topological polar surface area (TPSA) is 129 Å². The average molecular weight is 577 g/mol. The monoisotopic (exact) mass is 576 g/mol. The molecule has 0 saturated heterocycles. The summed E-state index contributed by atoms with van der Waals surface area (Å²) >= 11 is 0. The minimum atomic E-state index is -0.564. The molecule has 42 heavy (non-hydrogen) atoms. The summed E-state index contributed by atoms with van der Waals surface area (Å²) in [7, 11) is 3.79. The number of esters is 2. The van der Waals surface area contributed by atoms with Crippen molar-refractivity contribution in [2.24, 2.45) is 14.1 Å². The molecular weight excluding hydrogens is 536 g/mol. The zero-order valence-electron chi connectivity index (χ0n) is 25.1. The second-order valence-corrected chi connectivity index (χ2v) is 10.5. The lowest BCUT2D eigenvalue weighted by molar-refractivity contribution is -0.145. The molecule has 0 bridgehead atoms. The first-order valence-corrected chi connectivity index (χ1v) is 13.8. The Morgan fingerprint density at radius 1 is 0.690 bits per heavy atom. The van der Waals surface area contributed by atoms with Crippen LogP contribution < -0.4 is 0 Å². The number of aryl methyl sites for hydroxylation is 2. The molecule has 0 fully saturated rings. The van der Waals surface area contributed by atoms with Crippen LogP contribution in [0.15, 0.2) is 73.6 Å². The normalized spacial score (nSPS) is 13.7. The first-order valence-electron chi connectivity index (χ1n) is 13.8. The summed E-state index contributed by atoms with van der Waals surface area (Å²) in [5, 5.41) is 18.9. The number of benzene rings is 2. The van der Waals surface area contributed by atoms with Gasteiger partial charge in [0.25, 0.3) is 0 Å². The van der Waals surface area contributed by atoms with Crippen molar-refractivity contribution in [2.45, 2.75) is 51.4 Å². The maximum Gasteiger partial charge on any atom is 0.307 e. The van der Waals surface area contributed by atoms with E-state index >= 15 is 0 Å². The Kier molecular flexibility index (Phi) is 10.5. The van der Waals surface area contributed by atoms with Crippen molar-refractivity contribution in [1.29, 1.82) is 0 Å². The summed E-state index contributed by atoms with van der Waals surface area (Å²) in [6, 6.07) is 13.8. The van der Waals surface area contributed by atoms with Crippen molar-refractivity contribution < 1.29 is 29.3 Å². The molecule has 2 aromatic heterocycles. The Hall–Kier alpha value is -4.60. The van der Waals surface area contributed by atoms with Crippen LogP contribution in [0.1, 0.15) is 63.1 Å². The van der Waals surface area contributed by atoms with Gasteiger partial charge < -0.3 is 28.8 Å². The highest BCUT2D eigenvalue weighted by Gasteiger charge is 2.36. The van der Waals surface area contributed by atoms with Crippen molar-refractivity contribution >= 4 is 11.9 Å². The second-order valence-electron chi connectivity index (χ2n) is 10.5. The third kappa shape index (κ3) is 7.37. The summed E-state index contributed by atoms with van der Waals surface area (Å²) in [6.07, 6.45) is 7.35. The van der Waals surface area contributed by atoms with E-state index in [9.17, 15) is 19.8 Å². The van der Waals surface area contributed by atoms with Crippen LogP contribution in [0.5, 0.6) is 11.5 Å². The molecule has 10 heteroatoms. The van der Waals surface area contributed by atoms with Crippen LogP contribution in [-0.4, -0.2) is 54.5 Å². The molecule has 4 rings (SSSR count). The molecule has 2 N–H and O–H groups in total. The predicted octanol–water partition coefficient (Wildman–Crippen LogP) is 4.77. The largest absolute Gasteiger partial charge is 0.508 e. The van der Waals surface area contributed by atoms with Gasteiger partial charge in [0.2, 0.25) is 0 Å². The molecular formula is C32H40N4O6. The molecule has 2 aromatic carbocycles. The maximum atomic E-state index is 12.0. The summed E-state index contributed by atoms with van der Waals surface area (Å²) in [4.78, 5) is 32.3. The molecule has 224 valence electrons. The van der Waals surface area contributed by atoms with Crippen LogP contribution >= 0.6 is 0 Å². The molecule has 0 aliphatic carbocycles. The number of ether oxygens (including phenoxy) is 2. The first kappa shape index (κ1) is 31.9. The van der Waals surface area contributed by atoms with E-state index in [1.165, 1.54) is 0 Å². The van der Waals surface area contributed by atoms with E-state index in [1.807, 2.05) is 61.3 Å². The van der Waals surface area contributed by atoms with E-state index in [-0.39, 0.29) is 36.3 Å². The molecule has 0 aliphatic rings. The highest BCUT2D eigenvalue weighted by molar-refractivity contribution is 5.73. The lowest BCUT2D eigenvalue weighted by Crippen LogP contribution is -2.30. The van der Waals surface area contributed by atoms with Gasteiger partial charge in [-0.1, -0.05) is 24.3 Å². The number of hydrogen-bond acceptors (Lipinski definition) is 8. The van der Waals surface area contributed by atoms with Gasteiger partial charge in [0.1, 0.15) is 11.5 Å². The summed E-state index contributed by atoms with van der Waals surface area (Å²) in [5.41, 5.74) is 2.56. The average Bonchev–Trinajstić information content (AvgIpc) is 3.58. The number of phenols is 2. The fourth-order valence-electron chi connectivity index (χ4n) is 5.12. The van der Waals surface area contributed by atoms with Gasteiger partial charge >= 0.3 is 11.9 Å². The van der Waals surface area contributed by atoms with Crippen molar-refractivity contribution in [3.63, 3.8) is 0 Å². The number of phenolic OH excluding ortho intramolecular Hbond substituents is 2. The summed E-state index contributed by atoms with van der Waals surface area (Å²) in [5.74, 6) is -0.118. The first-order chi connectivity index (χ1) is 19.9. The number of hydrogen-bond donors (Lipinski definition) is 2. The maximum absolute atomic E-state index is 12.0. The van der Waals surface area contributed by atoms with E-state index < -0.39 is 10.8 Å². The van der Waals surface area contributed by atoms with Crippen LogP contribution in [0, 0.1) is 0 Å². The predicted molar refractivity (Wildman–Crippen MR) is 158 cm³/mol. The smallest absolute Gasteiger partial charge is 0.307 e. The van der Waals surface area contributed by atoms with Crippen LogP contribution in [0.3, 0.4) is 0 Å². The van der Waals surface area contributed by atoms with Crippen molar-refractivity contribution in [1.82, 2.24) is 19.1 Å². The van der Waals surface area contributed by atoms with E-state index in [0.717, 1.165) is 22.5 Å². The Labute approximate surface area is 246 Å². The molecule has 0 radical (unpaired) electrons. The number of carbonyl (C=O) groups excluding carboxylic acids is 2. The van der Waals surface area contributed by atoms with Gasteiger partial charge in [-0.3, -0.25) is 9.59 Å². The molecule has 4 aromatic rings. The molecule has 0 saturated carbocycles. The Morgan fingerprint density at radius 3 is 1.29 bits per heavy atom. The lowest BCUT2D eigenvalue weighted by Gasteiger charge is -2.29. The second kappa shape index (κ2) is 13.8. The summed E-state index contributed by atoms with van der Waals surface area (Å²) < 4.78 is 14.0. The lowest BCUT2D eigenvalue weighted by atomic mass is 9.76. The van der Waals surface area contributed by atoms with E-state index in [0.29, 0.717) is 13.2 Å². The minimum Gasteiger partial charge on any atom is -0.508 e. The molecule has 0 spiro atoms. The van der Waals surface area contributed by atoms with Crippen LogP contribution in [0.25, 0.3) is 0 Å². The van der Waals surface area contributed by atoms with Gasteiger partial charge in [-0.2, -0.15) is 0 Å². The van der Waals surface area contributed by atoms with Gasteiger partial charge in [-0.25, -0.2) is 9.97 Å². The number of aromatic hydroxyl groups is 2. The molecule has 0 aliphatic heterocycles. The van der Waals surface area contributed by atoms with E-state index in [2.05, 4.69) is 9.97 Å². The SMILES string of the molecule is CCOC(=O)CC(C)(c1ccc(O)cc1)c1cncn1C.CCOC(=O)C[C@@](C)(c1ccc(O)cc1)c1cncn1C. The van der Waals surface area contributed by atoms with Crippen LogP contribution in [0.2, 0.25) is 0 Å². The number of nitrogens with zero attached hydrogens (tertiary/aromatic N) is 4. The number of aromatic nitrogens is 4. The van der Waals surface area contributed by atoms with E-state index in [4.69, 9.17) is 9.47 Å². The zero-order valence-corrected chi connectivity index (χ0v) is 25.1. The fourth-order valence-corrected chi connectivity index (χ4v) is 5.12. The molecule has 2 heterocycles. The highest BCUT2D eigenvalue weighted by Crippen LogP contribution is 2.37. The Bertz CT molecular complexity index is 1350. The quantitative estimate of drug-likeness (QED) is 0.258. The number of carbonyl (C=O) groups is 2. The molecule has 1 unspecified atom stereocenters.